The largest absolute Gasteiger partial charge is 0.310 e. The van der Waals surface area contributed by atoms with E-state index in [2.05, 4.69) is 12.2 Å². The van der Waals surface area contributed by atoms with Gasteiger partial charge in [0.25, 0.3) is 0 Å². The molecule has 1 aromatic carbocycles. The van der Waals surface area contributed by atoms with Crippen LogP contribution in [0, 0.1) is 11.7 Å². The predicted octanol–water partition coefficient (Wildman–Crippen LogP) is 3.45. The van der Waals surface area contributed by atoms with Crippen LogP contribution in [0.1, 0.15) is 38.2 Å². The molecule has 0 radical (unpaired) electrons. The van der Waals surface area contributed by atoms with Gasteiger partial charge in [0.2, 0.25) is 0 Å². The van der Waals surface area contributed by atoms with E-state index in [9.17, 15) is 4.39 Å². The first-order chi connectivity index (χ1) is 7.69. The Morgan fingerprint density at radius 3 is 2.81 bits per heavy atom. The Bertz CT molecular complexity index is 364. The highest BCUT2D eigenvalue weighted by atomic mass is 19.1. The molecule has 1 aromatic rings. The molecule has 0 bridgehead atoms. The van der Waals surface area contributed by atoms with Crippen LogP contribution in [-0.2, 0) is 5.54 Å². The molecule has 1 aliphatic carbocycles. The van der Waals surface area contributed by atoms with Gasteiger partial charge >= 0.3 is 0 Å². The first kappa shape index (κ1) is 11.6. The lowest BCUT2D eigenvalue weighted by molar-refractivity contribution is 0.165. The predicted molar refractivity (Wildman–Crippen MR) is 64.8 cm³/mol. The number of benzene rings is 1. The highest BCUT2D eigenvalue weighted by molar-refractivity contribution is 5.26. The fraction of sp³-hybridized carbons (Fsp3) is 0.571. The number of halogens is 1. The van der Waals surface area contributed by atoms with Crippen LogP contribution in [0.4, 0.5) is 4.39 Å². The fourth-order valence-corrected chi connectivity index (χ4v) is 3.06. The van der Waals surface area contributed by atoms with Crippen molar-refractivity contribution in [2.24, 2.45) is 5.92 Å². The summed E-state index contributed by atoms with van der Waals surface area (Å²) < 4.78 is 13.3. The second-order valence-electron chi connectivity index (χ2n) is 4.88. The van der Waals surface area contributed by atoms with Crippen LogP contribution in [0.5, 0.6) is 0 Å². The second kappa shape index (κ2) is 4.54. The molecular formula is C14H20FN. The monoisotopic (exact) mass is 221 g/mol. The minimum Gasteiger partial charge on any atom is -0.310 e. The van der Waals surface area contributed by atoms with Gasteiger partial charge in [-0.25, -0.2) is 4.39 Å². The summed E-state index contributed by atoms with van der Waals surface area (Å²) in [6.07, 6.45) is 4.84. The van der Waals surface area contributed by atoms with E-state index in [-0.39, 0.29) is 11.4 Å². The van der Waals surface area contributed by atoms with Crippen molar-refractivity contribution in [1.29, 1.82) is 0 Å². The smallest absolute Gasteiger partial charge is 0.123 e. The molecule has 0 aromatic heterocycles. The molecule has 16 heavy (non-hydrogen) atoms. The number of rotatable bonds is 2. The maximum atomic E-state index is 13.3. The van der Waals surface area contributed by atoms with Crippen molar-refractivity contribution in [3.63, 3.8) is 0 Å². The zero-order chi connectivity index (χ0) is 11.6. The maximum absolute atomic E-state index is 13.3. The molecule has 0 aliphatic heterocycles. The molecule has 0 saturated heterocycles. The van der Waals surface area contributed by atoms with Crippen molar-refractivity contribution in [2.75, 3.05) is 7.05 Å². The fourth-order valence-electron chi connectivity index (χ4n) is 3.06. The molecule has 0 amide bonds. The minimum atomic E-state index is -0.134. The van der Waals surface area contributed by atoms with E-state index in [1.165, 1.54) is 25.3 Å². The quantitative estimate of drug-likeness (QED) is 0.806. The van der Waals surface area contributed by atoms with Crippen LogP contribution >= 0.6 is 0 Å². The lowest BCUT2D eigenvalue weighted by atomic mass is 9.70. The van der Waals surface area contributed by atoms with Gasteiger partial charge in [-0.2, -0.15) is 0 Å². The molecule has 2 atom stereocenters. The first-order valence-corrected chi connectivity index (χ1v) is 6.14. The van der Waals surface area contributed by atoms with Gasteiger partial charge < -0.3 is 5.32 Å². The van der Waals surface area contributed by atoms with E-state index in [1.54, 1.807) is 6.07 Å². The topological polar surface area (TPSA) is 12.0 Å². The molecule has 1 saturated carbocycles. The lowest BCUT2D eigenvalue weighted by Crippen LogP contribution is -2.47. The number of nitrogens with one attached hydrogen (secondary N) is 1. The average molecular weight is 221 g/mol. The first-order valence-electron chi connectivity index (χ1n) is 6.14. The van der Waals surface area contributed by atoms with Crippen LogP contribution in [-0.4, -0.2) is 7.05 Å². The van der Waals surface area contributed by atoms with E-state index in [4.69, 9.17) is 0 Å². The van der Waals surface area contributed by atoms with Gasteiger partial charge in [0.15, 0.2) is 0 Å². The van der Waals surface area contributed by atoms with Crippen LogP contribution < -0.4 is 5.32 Å². The van der Waals surface area contributed by atoms with E-state index >= 15 is 0 Å². The minimum absolute atomic E-state index is 0.0274. The van der Waals surface area contributed by atoms with Crippen LogP contribution in [0.15, 0.2) is 24.3 Å². The highest BCUT2D eigenvalue weighted by Gasteiger charge is 2.38. The van der Waals surface area contributed by atoms with Crippen LogP contribution in [0.2, 0.25) is 0 Å². The molecule has 1 nitrogen and oxygen atoms in total. The molecule has 0 spiro atoms. The summed E-state index contributed by atoms with van der Waals surface area (Å²) in [6.45, 7) is 2.26. The lowest BCUT2D eigenvalue weighted by Gasteiger charge is -2.43. The Balaban J connectivity index is 2.40. The normalized spacial score (nSPS) is 30.3. The van der Waals surface area contributed by atoms with Crippen molar-refractivity contribution in [3.05, 3.63) is 35.6 Å². The van der Waals surface area contributed by atoms with E-state index in [0.717, 1.165) is 12.0 Å². The van der Waals surface area contributed by atoms with Gasteiger partial charge in [-0.3, -0.25) is 0 Å². The summed E-state index contributed by atoms with van der Waals surface area (Å²) in [7, 11) is 1.99. The Labute approximate surface area is 97.1 Å². The Kier molecular flexibility index (Phi) is 3.29. The highest BCUT2D eigenvalue weighted by Crippen LogP contribution is 2.41. The van der Waals surface area contributed by atoms with Gasteiger partial charge in [-0.05, 0) is 43.5 Å². The van der Waals surface area contributed by atoms with Gasteiger partial charge in [0.05, 0.1) is 0 Å². The SMILES string of the molecule is CN[C@]1(c2cccc(F)c2)CCCCC1C. The molecule has 1 unspecified atom stereocenters. The molecule has 88 valence electrons. The van der Waals surface area contributed by atoms with E-state index < -0.39 is 0 Å². The zero-order valence-electron chi connectivity index (χ0n) is 10.1. The summed E-state index contributed by atoms with van der Waals surface area (Å²) >= 11 is 0. The van der Waals surface area contributed by atoms with Gasteiger partial charge in [-0.15, -0.1) is 0 Å². The van der Waals surface area contributed by atoms with Crippen molar-refractivity contribution in [2.45, 2.75) is 38.1 Å². The van der Waals surface area contributed by atoms with E-state index in [1.807, 2.05) is 19.2 Å². The number of hydrogen-bond donors (Lipinski definition) is 1. The zero-order valence-corrected chi connectivity index (χ0v) is 10.1. The summed E-state index contributed by atoms with van der Waals surface area (Å²) in [5.41, 5.74) is 1.07. The van der Waals surface area contributed by atoms with Gasteiger partial charge in [0, 0.05) is 5.54 Å². The summed E-state index contributed by atoms with van der Waals surface area (Å²) in [5, 5.41) is 3.44. The summed E-state index contributed by atoms with van der Waals surface area (Å²) in [6, 6.07) is 7.05. The molecule has 2 heteroatoms. The standard InChI is InChI=1S/C14H20FN/c1-11-6-3-4-9-14(11,16-2)12-7-5-8-13(15)10-12/h5,7-8,10-11,16H,3-4,6,9H2,1-2H3/t11?,14-/m1/s1. The second-order valence-corrected chi connectivity index (χ2v) is 4.88. The molecule has 1 N–H and O–H groups in total. The third-order valence-corrected chi connectivity index (χ3v) is 4.09. The molecule has 1 aliphatic rings. The van der Waals surface area contributed by atoms with Crippen LogP contribution in [0.3, 0.4) is 0 Å². The Morgan fingerprint density at radius 1 is 1.38 bits per heavy atom. The van der Waals surface area contributed by atoms with Crippen molar-refractivity contribution in [1.82, 2.24) is 5.32 Å². The third-order valence-electron chi connectivity index (χ3n) is 4.09. The molecule has 2 rings (SSSR count). The van der Waals surface area contributed by atoms with Crippen molar-refractivity contribution in [3.8, 4) is 0 Å². The van der Waals surface area contributed by atoms with Crippen LogP contribution in [0.25, 0.3) is 0 Å². The molecule has 1 fully saturated rings. The van der Waals surface area contributed by atoms with Crippen molar-refractivity contribution < 1.29 is 4.39 Å². The summed E-state index contributed by atoms with van der Waals surface area (Å²) in [5.74, 6) is 0.429. The van der Waals surface area contributed by atoms with Crippen molar-refractivity contribution >= 4 is 0 Å². The maximum Gasteiger partial charge on any atom is 0.123 e. The summed E-state index contributed by atoms with van der Waals surface area (Å²) in [4.78, 5) is 0. The molecular weight excluding hydrogens is 201 g/mol. The third kappa shape index (κ3) is 1.86. The molecule has 0 heterocycles. The number of hydrogen-bond acceptors (Lipinski definition) is 1. The average Bonchev–Trinajstić information content (AvgIpc) is 2.30. The Hall–Kier alpha value is -0.890. The van der Waals surface area contributed by atoms with Gasteiger partial charge in [-0.1, -0.05) is 31.9 Å². The van der Waals surface area contributed by atoms with E-state index in [0.29, 0.717) is 5.92 Å². The Morgan fingerprint density at radius 2 is 2.19 bits per heavy atom. The van der Waals surface area contributed by atoms with Gasteiger partial charge in [0.1, 0.15) is 5.82 Å².